The van der Waals surface area contributed by atoms with E-state index in [2.05, 4.69) is 12.2 Å². The lowest BCUT2D eigenvalue weighted by molar-refractivity contribution is -0.148. The highest BCUT2D eigenvalue weighted by molar-refractivity contribution is 4.78. The Morgan fingerprint density at radius 3 is 2.40 bits per heavy atom. The summed E-state index contributed by atoms with van der Waals surface area (Å²) < 4.78 is 42.2. The fourth-order valence-corrected chi connectivity index (χ4v) is 2.38. The normalized spacial score (nSPS) is 18.6. The zero-order valence-electron chi connectivity index (χ0n) is 12.3. The van der Waals surface area contributed by atoms with Gasteiger partial charge in [-0.1, -0.05) is 13.3 Å². The summed E-state index contributed by atoms with van der Waals surface area (Å²) in [4.78, 5) is 1.49. The van der Waals surface area contributed by atoms with E-state index in [1.165, 1.54) is 4.90 Å². The number of unbranched alkanes of at least 4 members (excludes halogenated alkanes) is 1. The Morgan fingerprint density at radius 1 is 1.15 bits per heavy atom. The highest BCUT2D eigenvalue weighted by Gasteiger charge is 2.32. The molecule has 1 rings (SSSR count). The van der Waals surface area contributed by atoms with Crippen molar-refractivity contribution in [2.75, 3.05) is 39.4 Å². The minimum atomic E-state index is -4.07. The van der Waals surface area contributed by atoms with Crippen molar-refractivity contribution in [1.29, 1.82) is 0 Å². The Morgan fingerprint density at radius 2 is 1.80 bits per heavy atom. The molecule has 0 saturated carbocycles. The molecule has 20 heavy (non-hydrogen) atoms. The smallest absolute Gasteiger partial charge is 0.381 e. The van der Waals surface area contributed by atoms with Crippen LogP contribution in [0.4, 0.5) is 13.2 Å². The van der Waals surface area contributed by atoms with Gasteiger partial charge in [0.15, 0.2) is 0 Å². The Balaban J connectivity index is 1.97. The van der Waals surface area contributed by atoms with Crippen LogP contribution in [-0.4, -0.2) is 56.5 Å². The number of likely N-dealkylation sites (tertiary alicyclic amines) is 1. The van der Waals surface area contributed by atoms with Crippen molar-refractivity contribution in [3.05, 3.63) is 0 Å². The number of halogens is 3. The van der Waals surface area contributed by atoms with Crippen LogP contribution < -0.4 is 5.32 Å². The van der Waals surface area contributed by atoms with Gasteiger partial charge in [0, 0.05) is 19.3 Å². The molecule has 1 fully saturated rings. The summed E-state index contributed by atoms with van der Waals surface area (Å²) in [6.45, 7) is 4.90. The van der Waals surface area contributed by atoms with E-state index in [9.17, 15) is 13.2 Å². The molecule has 1 aliphatic rings. The van der Waals surface area contributed by atoms with Gasteiger partial charge in [0.05, 0.1) is 6.54 Å². The second-order valence-corrected chi connectivity index (χ2v) is 5.44. The molecule has 0 radical (unpaired) electrons. The van der Waals surface area contributed by atoms with E-state index in [4.69, 9.17) is 4.74 Å². The molecule has 1 aliphatic heterocycles. The second kappa shape index (κ2) is 9.58. The first-order chi connectivity index (χ1) is 9.51. The summed E-state index contributed by atoms with van der Waals surface area (Å²) in [7, 11) is 0. The number of ether oxygens (including phenoxy) is 1. The van der Waals surface area contributed by atoms with Crippen molar-refractivity contribution in [2.24, 2.45) is 0 Å². The van der Waals surface area contributed by atoms with Crippen LogP contribution in [0.15, 0.2) is 0 Å². The first-order valence-corrected chi connectivity index (χ1v) is 7.61. The number of piperidine rings is 1. The van der Waals surface area contributed by atoms with Gasteiger partial charge in [-0.3, -0.25) is 4.90 Å². The number of nitrogens with zero attached hydrogens (tertiary/aromatic N) is 1. The third kappa shape index (κ3) is 8.76. The monoisotopic (exact) mass is 296 g/mol. The van der Waals surface area contributed by atoms with E-state index < -0.39 is 12.7 Å². The molecule has 1 heterocycles. The number of hydrogen-bond donors (Lipinski definition) is 1. The van der Waals surface area contributed by atoms with Crippen LogP contribution in [-0.2, 0) is 4.74 Å². The molecule has 0 aromatic heterocycles. The Kier molecular flexibility index (Phi) is 8.49. The van der Waals surface area contributed by atoms with Gasteiger partial charge in [0.1, 0.15) is 0 Å². The maximum Gasteiger partial charge on any atom is 0.401 e. The molecule has 1 saturated heterocycles. The maximum absolute atomic E-state index is 12.2. The highest BCUT2D eigenvalue weighted by Crippen LogP contribution is 2.19. The first-order valence-electron chi connectivity index (χ1n) is 7.61. The van der Waals surface area contributed by atoms with Crippen molar-refractivity contribution in [1.82, 2.24) is 10.2 Å². The third-order valence-electron chi connectivity index (χ3n) is 3.53. The van der Waals surface area contributed by atoms with Crippen molar-refractivity contribution in [3.63, 3.8) is 0 Å². The lowest BCUT2D eigenvalue weighted by Gasteiger charge is -2.32. The molecule has 120 valence electrons. The SMILES string of the molecule is CCCCOCCCNC1CCN(CC(F)(F)F)CC1. The van der Waals surface area contributed by atoms with Gasteiger partial charge in [0.2, 0.25) is 0 Å². The molecule has 0 aromatic rings. The average Bonchev–Trinajstić information content (AvgIpc) is 2.38. The molecule has 0 bridgehead atoms. The van der Waals surface area contributed by atoms with Crippen molar-refractivity contribution in [3.8, 4) is 0 Å². The van der Waals surface area contributed by atoms with E-state index in [1.54, 1.807) is 0 Å². The Labute approximate surface area is 119 Å². The predicted octanol–water partition coefficient (Wildman–Crippen LogP) is 2.81. The van der Waals surface area contributed by atoms with Crippen LogP contribution in [0.1, 0.15) is 39.0 Å². The zero-order valence-corrected chi connectivity index (χ0v) is 12.3. The second-order valence-electron chi connectivity index (χ2n) is 5.44. The zero-order chi connectivity index (χ0) is 14.8. The van der Waals surface area contributed by atoms with Gasteiger partial charge in [-0.2, -0.15) is 13.2 Å². The summed E-state index contributed by atoms with van der Waals surface area (Å²) in [6, 6.07) is 0.357. The molecule has 0 amide bonds. The van der Waals surface area contributed by atoms with Crippen LogP contribution >= 0.6 is 0 Å². The van der Waals surface area contributed by atoms with Crippen molar-refractivity contribution >= 4 is 0 Å². The standard InChI is InChI=1S/C14H27F3N2O/c1-2-3-10-20-11-4-7-18-13-5-8-19(9-6-13)12-14(15,16)17/h13,18H,2-12H2,1H3. The third-order valence-corrected chi connectivity index (χ3v) is 3.53. The van der Waals surface area contributed by atoms with Gasteiger partial charge in [0.25, 0.3) is 0 Å². The van der Waals surface area contributed by atoms with Crippen molar-refractivity contribution < 1.29 is 17.9 Å². The quantitative estimate of drug-likeness (QED) is 0.662. The van der Waals surface area contributed by atoms with Gasteiger partial charge in [-0.05, 0) is 45.3 Å². The van der Waals surface area contributed by atoms with E-state index in [0.29, 0.717) is 19.1 Å². The predicted molar refractivity (Wildman–Crippen MR) is 73.9 cm³/mol. The van der Waals surface area contributed by atoms with Crippen LogP contribution in [0, 0.1) is 0 Å². The molecule has 0 aliphatic carbocycles. The summed E-state index contributed by atoms with van der Waals surface area (Å²) in [5.41, 5.74) is 0. The summed E-state index contributed by atoms with van der Waals surface area (Å²) in [5.74, 6) is 0. The van der Waals surface area contributed by atoms with E-state index in [1.807, 2.05) is 0 Å². The highest BCUT2D eigenvalue weighted by atomic mass is 19.4. The molecule has 6 heteroatoms. The van der Waals surface area contributed by atoms with Gasteiger partial charge in [-0.15, -0.1) is 0 Å². The fourth-order valence-electron chi connectivity index (χ4n) is 2.38. The fraction of sp³-hybridized carbons (Fsp3) is 1.00. The van der Waals surface area contributed by atoms with E-state index in [0.717, 1.165) is 51.9 Å². The van der Waals surface area contributed by atoms with Crippen LogP contribution in [0.25, 0.3) is 0 Å². The molecule has 0 unspecified atom stereocenters. The summed E-state index contributed by atoms with van der Waals surface area (Å²) in [6.07, 6.45) is 0.738. The lowest BCUT2D eigenvalue weighted by atomic mass is 10.1. The number of hydrogen-bond acceptors (Lipinski definition) is 3. The minimum absolute atomic E-state index is 0.357. The number of alkyl halides is 3. The molecule has 3 nitrogen and oxygen atoms in total. The molecule has 0 atom stereocenters. The topological polar surface area (TPSA) is 24.5 Å². The van der Waals surface area contributed by atoms with Gasteiger partial charge in [-0.25, -0.2) is 0 Å². The number of nitrogens with one attached hydrogen (secondary N) is 1. The van der Waals surface area contributed by atoms with E-state index >= 15 is 0 Å². The molecular formula is C14H27F3N2O. The molecular weight excluding hydrogens is 269 g/mol. The molecule has 1 N–H and O–H groups in total. The average molecular weight is 296 g/mol. The van der Waals surface area contributed by atoms with Crippen LogP contribution in [0.3, 0.4) is 0 Å². The summed E-state index contributed by atoms with van der Waals surface area (Å²) in [5, 5.41) is 3.41. The molecule has 0 aromatic carbocycles. The van der Waals surface area contributed by atoms with E-state index in [-0.39, 0.29) is 0 Å². The minimum Gasteiger partial charge on any atom is -0.381 e. The number of rotatable bonds is 9. The van der Waals surface area contributed by atoms with Gasteiger partial charge >= 0.3 is 6.18 Å². The summed E-state index contributed by atoms with van der Waals surface area (Å²) >= 11 is 0. The Bertz CT molecular complexity index is 241. The van der Waals surface area contributed by atoms with Gasteiger partial charge < -0.3 is 10.1 Å². The Hall–Kier alpha value is -0.330. The largest absolute Gasteiger partial charge is 0.401 e. The van der Waals surface area contributed by atoms with Crippen LogP contribution in [0.5, 0.6) is 0 Å². The maximum atomic E-state index is 12.2. The lowest BCUT2D eigenvalue weighted by Crippen LogP contribution is -2.45. The van der Waals surface area contributed by atoms with Crippen molar-refractivity contribution in [2.45, 2.75) is 51.2 Å². The first kappa shape index (κ1) is 17.7. The van der Waals surface area contributed by atoms with Crippen LogP contribution in [0.2, 0.25) is 0 Å². The molecule has 0 spiro atoms.